The molecule has 7 nitrogen and oxygen atoms in total. The molecule has 1 atom stereocenters. The molecular weight excluding hydrogens is 652 g/mol. The Hall–Kier alpha value is -2.07. The number of urea groups is 1. The van der Waals surface area contributed by atoms with Crippen LogP contribution in [0.1, 0.15) is 78.4 Å². The van der Waals surface area contributed by atoms with Gasteiger partial charge in [-0.05, 0) is 105 Å². The summed E-state index contributed by atoms with van der Waals surface area (Å²) >= 11 is 6.95. The van der Waals surface area contributed by atoms with Gasteiger partial charge in [0.15, 0.2) is 11.3 Å². The summed E-state index contributed by atoms with van der Waals surface area (Å²) in [6.07, 6.45) is 9.85. The number of nitrogens with one attached hydrogen (secondary N) is 2. The summed E-state index contributed by atoms with van der Waals surface area (Å²) in [4.78, 5) is 37.5. The first kappa shape index (κ1) is 29.0. The average Bonchev–Trinajstić information content (AvgIpc) is 3.53. The van der Waals surface area contributed by atoms with E-state index in [1.54, 1.807) is 14.2 Å². The smallest absolute Gasteiger partial charge is 0.322 e. The van der Waals surface area contributed by atoms with Gasteiger partial charge in [-0.15, -0.1) is 0 Å². The van der Waals surface area contributed by atoms with Crippen molar-refractivity contribution in [2.24, 2.45) is 10.8 Å². The monoisotopic (exact) mass is 686 g/mol. The van der Waals surface area contributed by atoms with Gasteiger partial charge in [-0.3, -0.25) is 14.9 Å². The number of halogens is 2. The lowest BCUT2D eigenvalue weighted by Gasteiger charge is -2.46. The lowest BCUT2D eigenvalue weighted by Crippen LogP contribution is -2.56. The van der Waals surface area contributed by atoms with Crippen LogP contribution in [-0.4, -0.2) is 44.1 Å². The zero-order chi connectivity index (χ0) is 29.0. The average molecular weight is 688 g/mol. The van der Waals surface area contributed by atoms with Crippen LogP contribution in [0.5, 0.6) is 0 Å². The molecule has 3 fully saturated rings. The molecule has 7 rings (SSSR count). The molecule has 4 aliphatic carbocycles. The van der Waals surface area contributed by atoms with Crippen molar-refractivity contribution in [3.8, 4) is 0 Å². The summed E-state index contributed by atoms with van der Waals surface area (Å²) in [5.41, 5.74) is 2.91. The molecule has 5 aliphatic rings. The minimum absolute atomic E-state index is 0.127. The molecule has 2 N–H and O–H groups in total. The van der Waals surface area contributed by atoms with Crippen LogP contribution in [-0.2, 0) is 32.6 Å². The first-order valence-electron chi connectivity index (χ1n) is 14.5. The molecule has 1 heterocycles. The summed E-state index contributed by atoms with van der Waals surface area (Å²) < 4.78 is 12.8. The summed E-state index contributed by atoms with van der Waals surface area (Å²) in [5.74, 6) is 0.142. The van der Waals surface area contributed by atoms with Crippen molar-refractivity contribution in [3.63, 3.8) is 0 Å². The number of amides is 3. The molecule has 0 radical (unpaired) electrons. The van der Waals surface area contributed by atoms with Gasteiger partial charge in [0.05, 0.1) is 12.2 Å². The largest absolute Gasteiger partial charge is 0.381 e. The fourth-order valence-electron chi connectivity index (χ4n) is 8.21. The quantitative estimate of drug-likeness (QED) is 0.358. The van der Waals surface area contributed by atoms with E-state index in [0.717, 1.165) is 89.8 Å². The molecule has 1 saturated heterocycles. The molecule has 2 aromatic carbocycles. The number of ketones is 1. The summed E-state index contributed by atoms with van der Waals surface area (Å²) in [6, 6.07) is 11.8. The second-order valence-electron chi connectivity index (χ2n) is 12.4. The third kappa shape index (κ3) is 4.71. The molecular formula is C32H36Br2N2O5. The highest BCUT2D eigenvalue weighted by atomic mass is 79.9. The minimum atomic E-state index is -0.943. The fraction of sp³-hybridized carbons (Fsp3) is 0.531. The molecule has 1 unspecified atom stereocenters. The third-order valence-corrected chi connectivity index (χ3v) is 11.4. The normalized spacial score (nSPS) is 33.4. The lowest BCUT2D eigenvalue weighted by molar-refractivity contribution is -0.131. The first-order valence-corrected chi connectivity index (χ1v) is 16.1. The van der Waals surface area contributed by atoms with Crippen LogP contribution < -0.4 is 10.6 Å². The number of carbonyl (C=O) groups is 3. The second-order valence-corrected chi connectivity index (χ2v) is 14.2. The molecule has 2 saturated carbocycles. The number of benzene rings is 2. The number of imide groups is 1. The predicted molar refractivity (Wildman–Crippen MR) is 162 cm³/mol. The Bertz CT molecular complexity index is 1390. The van der Waals surface area contributed by atoms with Gasteiger partial charge in [-0.25, -0.2) is 4.79 Å². The van der Waals surface area contributed by atoms with E-state index in [0.29, 0.717) is 11.9 Å². The molecule has 9 heteroatoms. The van der Waals surface area contributed by atoms with Crippen LogP contribution >= 0.6 is 31.9 Å². The summed E-state index contributed by atoms with van der Waals surface area (Å²) in [6.45, 7) is 0. The van der Waals surface area contributed by atoms with Crippen LogP contribution in [0.25, 0.3) is 0 Å². The van der Waals surface area contributed by atoms with Crippen LogP contribution in [0, 0.1) is 10.8 Å². The maximum absolute atomic E-state index is 12.9. The summed E-state index contributed by atoms with van der Waals surface area (Å²) in [5, 5.41) is 5.47. The molecule has 3 spiro atoms. The standard InChI is InChI=1S/C17H19BrN2O3.C15H17BrO2/c1-23-12-4-6-16(7-5-12)9-10-2-3-11(18)8-13(10)17(16)14(21)19-15(22)20-17;1-18-12-4-6-15(7-5-12)9-10-2-3-11(16)8-13(10)14(15)17/h2-3,8,12H,4-7,9H2,1H3,(H2,19,20,21,22);2-3,8,12H,4-7,9H2,1H3. The molecule has 1 aliphatic heterocycles. The van der Waals surface area contributed by atoms with Gasteiger partial charge in [0, 0.05) is 39.6 Å². The van der Waals surface area contributed by atoms with E-state index >= 15 is 0 Å². The van der Waals surface area contributed by atoms with Gasteiger partial charge < -0.3 is 14.8 Å². The zero-order valence-corrected chi connectivity index (χ0v) is 26.7. The van der Waals surface area contributed by atoms with Crippen molar-refractivity contribution in [2.75, 3.05) is 14.2 Å². The van der Waals surface area contributed by atoms with E-state index in [4.69, 9.17) is 9.47 Å². The highest BCUT2D eigenvalue weighted by molar-refractivity contribution is 9.10. The number of fused-ring (bicyclic) bond motifs is 4. The SMILES string of the molecule is COC1CCC2(CC1)Cc1ccc(Br)cc1C21NC(=O)NC1=O.COC1CCC2(CC1)Cc1ccc(Br)cc1C2=O. The highest BCUT2D eigenvalue weighted by Gasteiger charge is 2.66. The molecule has 218 valence electrons. The molecule has 0 aromatic heterocycles. The second kappa shape index (κ2) is 10.9. The van der Waals surface area contributed by atoms with Crippen molar-refractivity contribution >= 4 is 49.6 Å². The van der Waals surface area contributed by atoms with Crippen LogP contribution in [0.2, 0.25) is 0 Å². The number of hydrogen-bond acceptors (Lipinski definition) is 5. The number of methoxy groups -OCH3 is 2. The van der Waals surface area contributed by atoms with Gasteiger partial charge in [-0.2, -0.15) is 0 Å². The van der Waals surface area contributed by atoms with Gasteiger partial charge in [-0.1, -0.05) is 44.0 Å². The van der Waals surface area contributed by atoms with Gasteiger partial charge in [0.1, 0.15) is 0 Å². The Morgan fingerprint density at radius 1 is 0.780 bits per heavy atom. The fourth-order valence-corrected chi connectivity index (χ4v) is 8.93. The Labute approximate surface area is 257 Å². The highest BCUT2D eigenvalue weighted by Crippen LogP contribution is 2.59. The van der Waals surface area contributed by atoms with Gasteiger partial charge >= 0.3 is 6.03 Å². The zero-order valence-electron chi connectivity index (χ0n) is 23.5. The van der Waals surface area contributed by atoms with Crippen molar-refractivity contribution in [1.82, 2.24) is 10.6 Å². The van der Waals surface area contributed by atoms with Crippen molar-refractivity contribution in [3.05, 3.63) is 67.6 Å². The number of Topliss-reactive ketones (excluding diaryl/α,β-unsaturated/α-hetero) is 1. The van der Waals surface area contributed by atoms with E-state index < -0.39 is 11.6 Å². The third-order valence-electron chi connectivity index (χ3n) is 10.4. The van der Waals surface area contributed by atoms with Crippen molar-refractivity contribution < 1.29 is 23.9 Å². The number of carbonyl (C=O) groups excluding carboxylic acids is 3. The maximum atomic E-state index is 12.9. The number of ether oxygens (including phenoxy) is 2. The first-order chi connectivity index (χ1) is 19.6. The van der Waals surface area contributed by atoms with Gasteiger partial charge in [0.2, 0.25) is 0 Å². The van der Waals surface area contributed by atoms with Crippen molar-refractivity contribution in [2.45, 2.75) is 82.0 Å². The summed E-state index contributed by atoms with van der Waals surface area (Å²) in [7, 11) is 3.51. The lowest BCUT2D eigenvalue weighted by atomic mass is 9.61. The van der Waals surface area contributed by atoms with Crippen LogP contribution in [0.3, 0.4) is 0 Å². The Kier molecular flexibility index (Phi) is 7.71. The molecule has 2 aromatic rings. The topological polar surface area (TPSA) is 93.7 Å². The minimum Gasteiger partial charge on any atom is -0.381 e. The van der Waals surface area contributed by atoms with E-state index in [-0.39, 0.29) is 22.8 Å². The van der Waals surface area contributed by atoms with E-state index in [9.17, 15) is 14.4 Å². The van der Waals surface area contributed by atoms with Gasteiger partial charge in [0.25, 0.3) is 5.91 Å². The Morgan fingerprint density at radius 2 is 1.37 bits per heavy atom. The number of rotatable bonds is 2. The molecule has 41 heavy (non-hydrogen) atoms. The Morgan fingerprint density at radius 3 is 1.95 bits per heavy atom. The van der Waals surface area contributed by atoms with Crippen LogP contribution in [0.4, 0.5) is 4.79 Å². The Balaban J connectivity index is 0.000000152. The van der Waals surface area contributed by atoms with Crippen LogP contribution in [0.15, 0.2) is 45.3 Å². The van der Waals surface area contributed by atoms with E-state index in [2.05, 4.69) is 54.6 Å². The predicted octanol–water partition coefficient (Wildman–Crippen LogP) is 6.38. The van der Waals surface area contributed by atoms with E-state index in [1.807, 2.05) is 24.3 Å². The van der Waals surface area contributed by atoms with Crippen molar-refractivity contribution in [1.29, 1.82) is 0 Å². The molecule has 3 amide bonds. The maximum Gasteiger partial charge on any atom is 0.322 e. The van der Waals surface area contributed by atoms with E-state index in [1.165, 1.54) is 5.56 Å². The molecule has 0 bridgehead atoms. The number of hydrogen-bond donors (Lipinski definition) is 2.